The number of carbonyl (C=O) groups is 2. The van der Waals surface area contributed by atoms with Gasteiger partial charge in [0.2, 0.25) is 0 Å². The molecule has 3 aromatic carbocycles. The Kier molecular flexibility index (Phi) is 6.01. The van der Waals surface area contributed by atoms with Gasteiger partial charge in [-0.2, -0.15) is 0 Å². The lowest BCUT2D eigenvalue weighted by molar-refractivity contribution is -0.135. The molecule has 0 aromatic heterocycles. The smallest absolute Gasteiger partial charge is 0.264 e. The minimum atomic E-state index is -1.83. The summed E-state index contributed by atoms with van der Waals surface area (Å²) in [5, 5.41) is 11.4. The van der Waals surface area contributed by atoms with Crippen LogP contribution in [0.25, 0.3) is 0 Å². The van der Waals surface area contributed by atoms with Crippen LogP contribution in [0.5, 0.6) is 0 Å². The second-order valence-electron chi connectivity index (χ2n) is 7.53. The molecule has 1 heterocycles. The number of aryl methyl sites for hydroxylation is 1. The van der Waals surface area contributed by atoms with Crippen molar-refractivity contribution in [3.8, 4) is 0 Å². The Balaban J connectivity index is 1.54. The van der Waals surface area contributed by atoms with Crippen molar-refractivity contribution in [3.63, 3.8) is 0 Å². The molecule has 3 aromatic rings. The number of anilines is 1. The number of amides is 1. The van der Waals surface area contributed by atoms with E-state index in [0.717, 1.165) is 16.4 Å². The molecular weight excluding hydrogens is 489 g/mol. The van der Waals surface area contributed by atoms with E-state index in [1.54, 1.807) is 29.2 Å². The molecule has 1 amide bonds. The molecule has 0 unspecified atom stereocenters. The number of para-hydroxylation sites is 1. The molecule has 152 valence electrons. The van der Waals surface area contributed by atoms with E-state index in [1.165, 1.54) is 5.56 Å². The van der Waals surface area contributed by atoms with Gasteiger partial charge in [0.1, 0.15) is 0 Å². The number of hydrogen-bond acceptors (Lipinski definition) is 3. The molecule has 0 saturated carbocycles. The van der Waals surface area contributed by atoms with Gasteiger partial charge < -0.3 is 10.0 Å². The molecule has 1 aliphatic rings. The van der Waals surface area contributed by atoms with E-state index in [-0.39, 0.29) is 12.2 Å². The highest BCUT2D eigenvalue weighted by molar-refractivity contribution is 14.1. The Morgan fingerprint density at radius 1 is 0.933 bits per heavy atom. The van der Waals surface area contributed by atoms with Crippen LogP contribution in [0.1, 0.15) is 34.3 Å². The largest absolute Gasteiger partial charge is 0.375 e. The summed E-state index contributed by atoms with van der Waals surface area (Å²) in [6.45, 7) is 0.491. The van der Waals surface area contributed by atoms with Gasteiger partial charge in [0.05, 0.1) is 12.1 Å². The zero-order valence-electron chi connectivity index (χ0n) is 16.4. The zero-order valence-corrected chi connectivity index (χ0v) is 18.6. The molecule has 1 atom stereocenters. The van der Waals surface area contributed by atoms with Crippen molar-refractivity contribution >= 4 is 40.0 Å². The minimum Gasteiger partial charge on any atom is -0.375 e. The molecule has 0 bridgehead atoms. The molecule has 0 aliphatic carbocycles. The third kappa shape index (κ3) is 4.04. The normalized spacial score (nSPS) is 17.8. The van der Waals surface area contributed by atoms with Crippen LogP contribution in [0.4, 0.5) is 5.69 Å². The van der Waals surface area contributed by atoms with E-state index in [9.17, 15) is 14.7 Å². The number of carbonyl (C=O) groups excluding carboxylic acids is 2. The van der Waals surface area contributed by atoms with Crippen molar-refractivity contribution in [2.24, 2.45) is 0 Å². The van der Waals surface area contributed by atoms with Gasteiger partial charge in [0.25, 0.3) is 5.91 Å². The fourth-order valence-electron chi connectivity index (χ4n) is 3.96. The van der Waals surface area contributed by atoms with Crippen LogP contribution in [-0.2, 0) is 16.8 Å². The number of aliphatic hydroxyl groups is 1. The van der Waals surface area contributed by atoms with Gasteiger partial charge in [-0.3, -0.25) is 9.59 Å². The second kappa shape index (κ2) is 8.70. The summed E-state index contributed by atoms with van der Waals surface area (Å²) < 4.78 is 1.02. The van der Waals surface area contributed by atoms with Crippen molar-refractivity contribution in [2.45, 2.75) is 24.9 Å². The lowest BCUT2D eigenvalue weighted by Gasteiger charge is -2.23. The predicted molar refractivity (Wildman–Crippen MR) is 126 cm³/mol. The summed E-state index contributed by atoms with van der Waals surface area (Å²) in [6, 6.07) is 24.5. The summed E-state index contributed by atoms with van der Waals surface area (Å²) >= 11 is 2.17. The molecule has 4 rings (SSSR count). The molecular formula is C25H22INO3. The van der Waals surface area contributed by atoms with E-state index >= 15 is 0 Å². The van der Waals surface area contributed by atoms with Crippen molar-refractivity contribution in [3.05, 3.63) is 99.1 Å². The predicted octanol–water partition coefficient (Wildman–Crippen LogP) is 4.73. The van der Waals surface area contributed by atoms with Gasteiger partial charge in [0, 0.05) is 21.2 Å². The number of fused-ring (bicyclic) bond motifs is 1. The van der Waals surface area contributed by atoms with Gasteiger partial charge in [0.15, 0.2) is 11.4 Å². The van der Waals surface area contributed by atoms with Crippen molar-refractivity contribution < 1.29 is 14.7 Å². The van der Waals surface area contributed by atoms with Crippen molar-refractivity contribution in [1.82, 2.24) is 0 Å². The van der Waals surface area contributed by atoms with E-state index in [1.807, 2.05) is 42.5 Å². The number of rotatable bonds is 7. The van der Waals surface area contributed by atoms with Crippen LogP contribution in [0, 0.1) is 3.57 Å². The van der Waals surface area contributed by atoms with Crippen LogP contribution < -0.4 is 4.90 Å². The van der Waals surface area contributed by atoms with Gasteiger partial charge >= 0.3 is 0 Å². The summed E-state index contributed by atoms with van der Waals surface area (Å²) in [7, 11) is 0. The molecule has 5 heteroatoms. The molecule has 0 saturated heterocycles. The number of halogens is 1. The standard InChI is InChI=1S/C25H22INO3/c26-20-14-12-19(13-15-20)23(28)17-25(30)21-10-4-5-11-22(21)27(24(25)29)16-6-9-18-7-2-1-3-8-18/h1-5,7-8,10-15,30H,6,9,16-17H2/t25-/m0/s1. The fraction of sp³-hybridized carbons (Fsp3) is 0.200. The van der Waals surface area contributed by atoms with Crippen molar-refractivity contribution in [2.75, 3.05) is 11.4 Å². The molecule has 1 aliphatic heterocycles. The zero-order chi connectivity index (χ0) is 21.1. The van der Waals surface area contributed by atoms with E-state index < -0.39 is 11.5 Å². The third-order valence-corrected chi connectivity index (χ3v) is 6.23. The first kappa shape index (κ1) is 20.8. The maximum atomic E-state index is 13.3. The summed E-state index contributed by atoms with van der Waals surface area (Å²) in [5.41, 5.74) is 1.07. The summed E-state index contributed by atoms with van der Waals surface area (Å²) in [6.07, 6.45) is 1.34. The molecule has 0 radical (unpaired) electrons. The highest BCUT2D eigenvalue weighted by Crippen LogP contribution is 2.43. The highest BCUT2D eigenvalue weighted by Gasteiger charge is 2.50. The highest BCUT2D eigenvalue weighted by atomic mass is 127. The average molecular weight is 511 g/mol. The first-order valence-electron chi connectivity index (χ1n) is 9.95. The number of Topliss-reactive ketones (excluding diaryl/α,β-unsaturated/α-hetero) is 1. The van der Waals surface area contributed by atoms with Gasteiger partial charge in [-0.15, -0.1) is 0 Å². The number of benzene rings is 3. The van der Waals surface area contributed by atoms with Crippen LogP contribution in [0.2, 0.25) is 0 Å². The number of nitrogens with zero attached hydrogens (tertiary/aromatic N) is 1. The number of ketones is 1. The molecule has 0 fully saturated rings. The van der Waals surface area contributed by atoms with Crippen LogP contribution in [-0.4, -0.2) is 23.3 Å². The summed E-state index contributed by atoms with van der Waals surface area (Å²) in [5.74, 6) is -0.668. The Labute approximate surface area is 189 Å². The van der Waals surface area contributed by atoms with E-state index in [2.05, 4.69) is 34.7 Å². The van der Waals surface area contributed by atoms with E-state index in [0.29, 0.717) is 23.4 Å². The second-order valence-corrected chi connectivity index (χ2v) is 8.78. The van der Waals surface area contributed by atoms with Crippen molar-refractivity contribution in [1.29, 1.82) is 0 Å². The molecule has 30 heavy (non-hydrogen) atoms. The van der Waals surface area contributed by atoms with Gasteiger partial charge in [-0.05, 0) is 59.2 Å². The summed E-state index contributed by atoms with van der Waals surface area (Å²) in [4.78, 5) is 27.7. The Bertz CT molecular complexity index is 1070. The van der Waals surface area contributed by atoms with Gasteiger partial charge in [-0.1, -0.05) is 60.7 Å². The fourth-order valence-corrected chi connectivity index (χ4v) is 4.32. The lowest BCUT2D eigenvalue weighted by Crippen LogP contribution is -2.42. The first-order valence-corrected chi connectivity index (χ1v) is 11.0. The quantitative estimate of drug-likeness (QED) is 0.369. The topological polar surface area (TPSA) is 57.6 Å². The SMILES string of the molecule is O=C(C[C@@]1(O)C(=O)N(CCCc2ccccc2)c2ccccc21)c1ccc(I)cc1. The maximum Gasteiger partial charge on any atom is 0.264 e. The Morgan fingerprint density at radius 3 is 2.33 bits per heavy atom. The van der Waals surface area contributed by atoms with Gasteiger partial charge in [-0.25, -0.2) is 0 Å². The number of hydrogen-bond donors (Lipinski definition) is 1. The van der Waals surface area contributed by atoms with Crippen LogP contribution >= 0.6 is 22.6 Å². The van der Waals surface area contributed by atoms with Crippen LogP contribution in [0.15, 0.2) is 78.9 Å². The lowest BCUT2D eigenvalue weighted by atomic mass is 9.88. The maximum absolute atomic E-state index is 13.3. The third-order valence-electron chi connectivity index (χ3n) is 5.51. The molecule has 1 N–H and O–H groups in total. The minimum absolute atomic E-state index is 0.247. The Hall–Kier alpha value is -2.51. The van der Waals surface area contributed by atoms with E-state index in [4.69, 9.17) is 0 Å². The molecule has 0 spiro atoms. The average Bonchev–Trinajstić information content (AvgIpc) is 2.97. The first-order chi connectivity index (χ1) is 14.5. The molecule has 4 nitrogen and oxygen atoms in total. The monoisotopic (exact) mass is 511 g/mol. The van der Waals surface area contributed by atoms with Crippen LogP contribution in [0.3, 0.4) is 0 Å². The Morgan fingerprint density at radius 2 is 1.60 bits per heavy atom.